The first kappa shape index (κ1) is 21.6. The van der Waals surface area contributed by atoms with Crippen LogP contribution in [0.3, 0.4) is 0 Å². The maximum atomic E-state index is 12.8. The SMILES string of the molecule is COC(=O)c1ccc(COC(=O)[C@@H](CCSC)N2C(=O)c3ccccc3C2=O)cc1. The molecular formula is C22H21NO6S. The highest BCUT2D eigenvalue weighted by Crippen LogP contribution is 2.26. The van der Waals surface area contributed by atoms with Crippen molar-refractivity contribution in [2.75, 3.05) is 19.1 Å². The molecule has 0 aliphatic carbocycles. The minimum absolute atomic E-state index is 0.0424. The molecule has 2 aromatic rings. The third-order valence-electron chi connectivity index (χ3n) is 4.76. The maximum Gasteiger partial charge on any atom is 0.337 e. The van der Waals surface area contributed by atoms with E-state index in [-0.39, 0.29) is 6.61 Å². The van der Waals surface area contributed by atoms with Gasteiger partial charge in [-0.25, -0.2) is 9.59 Å². The number of amides is 2. The highest BCUT2D eigenvalue weighted by atomic mass is 32.2. The van der Waals surface area contributed by atoms with Gasteiger partial charge in [0.25, 0.3) is 11.8 Å². The molecule has 7 nitrogen and oxygen atoms in total. The number of hydrogen-bond acceptors (Lipinski definition) is 7. The summed E-state index contributed by atoms with van der Waals surface area (Å²) in [4.78, 5) is 50.9. The highest BCUT2D eigenvalue weighted by Gasteiger charge is 2.43. The van der Waals surface area contributed by atoms with Crippen molar-refractivity contribution >= 4 is 35.5 Å². The number of rotatable bonds is 8. The average Bonchev–Trinajstić information content (AvgIpc) is 3.03. The number of carbonyl (C=O) groups is 4. The number of carbonyl (C=O) groups excluding carboxylic acids is 4. The monoisotopic (exact) mass is 427 g/mol. The van der Waals surface area contributed by atoms with Gasteiger partial charge in [-0.1, -0.05) is 24.3 Å². The zero-order chi connectivity index (χ0) is 21.7. The fraction of sp³-hybridized carbons (Fsp3) is 0.273. The number of fused-ring (bicyclic) bond motifs is 1. The Balaban J connectivity index is 1.73. The van der Waals surface area contributed by atoms with Crippen molar-refractivity contribution in [1.82, 2.24) is 4.90 Å². The quantitative estimate of drug-likeness (QED) is 0.473. The van der Waals surface area contributed by atoms with Gasteiger partial charge in [0.05, 0.1) is 23.8 Å². The van der Waals surface area contributed by atoms with Crippen LogP contribution in [0.2, 0.25) is 0 Å². The molecule has 30 heavy (non-hydrogen) atoms. The smallest absolute Gasteiger partial charge is 0.337 e. The van der Waals surface area contributed by atoms with Crippen LogP contribution < -0.4 is 0 Å². The van der Waals surface area contributed by atoms with Gasteiger partial charge in [0.1, 0.15) is 12.6 Å². The minimum atomic E-state index is -1.00. The van der Waals surface area contributed by atoms with Gasteiger partial charge in [0.15, 0.2) is 0 Å². The zero-order valence-electron chi connectivity index (χ0n) is 16.6. The molecule has 0 spiro atoms. The molecule has 2 amide bonds. The normalized spacial score (nSPS) is 13.7. The van der Waals surface area contributed by atoms with E-state index in [1.165, 1.54) is 18.9 Å². The lowest BCUT2D eigenvalue weighted by atomic mass is 10.1. The number of esters is 2. The van der Waals surface area contributed by atoms with E-state index >= 15 is 0 Å². The lowest BCUT2D eigenvalue weighted by molar-refractivity contribution is -0.149. The van der Waals surface area contributed by atoms with Crippen molar-refractivity contribution in [3.05, 3.63) is 70.8 Å². The van der Waals surface area contributed by atoms with Gasteiger partial charge in [-0.15, -0.1) is 0 Å². The molecule has 0 unspecified atom stereocenters. The molecule has 0 saturated heterocycles. The van der Waals surface area contributed by atoms with Gasteiger partial charge in [-0.05, 0) is 48.3 Å². The van der Waals surface area contributed by atoms with Crippen molar-refractivity contribution in [2.45, 2.75) is 19.1 Å². The third-order valence-corrected chi connectivity index (χ3v) is 5.40. The van der Waals surface area contributed by atoms with Crippen LogP contribution in [0.25, 0.3) is 0 Å². The van der Waals surface area contributed by atoms with E-state index in [0.717, 1.165) is 4.90 Å². The Hall–Kier alpha value is -3.13. The number of methoxy groups -OCH3 is 1. The first-order chi connectivity index (χ1) is 14.5. The molecular weight excluding hydrogens is 406 g/mol. The van der Waals surface area contributed by atoms with Crippen LogP contribution in [-0.2, 0) is 20.9 Å². The van der Waals surface area contributed by atoms with Crippen molar-refractivity contribution in [3.63, 3.8) is 0 Å². The number of nitrogens with zero attached hydrogens (tertiary/aromatic N) is 1. The van der Waals surface area contributed by atoms with Crippen molar-refractivity contribution in [2.24, 2.45) is 0 Å². The van der Waals surface area contributed by atoms with Gasteiger partial charge in [0.2, 0.25) is 0 Å². The largest absolute Gasteiger partial charge is 0.465 e. The summed E-state index contributed by atoms with van der Waals surface area (Å²) < 4.78 is 10.1. The van der Waals surface area contributed by atoms with Gasteiger partial charge >= 0.3 is 11.9 Å². The molecule has 8 heteroatoms. The van der Waals surface area contributed by atoms with Gasteiger partial charge < -0.3 is 9.47 Å². The third kappa shape index (κ3) is 4.38. The van der Waals surface area contributed by atoms with E-state index in [1.807, 2.05) is 6.26 Å². The first-order valence-electron chi connectivity index (χ1n) is 9.27. The summed E-state index contributed by atoms with van der Waals surface area (Å²) in [5.74, 6) is -1.49. The molecule has 0 aromatic heterocycles. The second kappa shape index (κ2) is 9.58. The molecule has 1 aliphatic heterocycles. The molecule has 0 radical (unpaired) electrons. The van der Waals surface area contributed by atoms with E-state index in [0.29, 0.717) is 34.4 Å². The predicted octanol–water partition coefficient (Wildman–Crippen LogP) is 2.93. The van der Waals surface area contributed by atoms with Crippen LogP contribution in [0.5, 0.6) is 0 Å². The van der Waals surface area contributed by atoms with E-state index in [2.05, 4.69) is 4.74 Å². The summed E-state index contributed by atoms with van der Waals surface area (Å²) in [6, 6.07) is 12.0. The van der Waals surface area contributed by atoms with Crippen LogP contribution in [0, 0.1) is 0 Å². The molecule has 0 saturated carbocycles. The lowest BCUT2D eigenvalue weighted by Gasteiger charge is -2.24. The molecule has 3 rings (SSSR count). The Kier molecular flexibility index (Phi) is 6.89. The summed E-state index contributed by atoms with van der Waals surface area (Å²) in [6.07, 6.45) is 2.18. The number of ether oxygens (including phenoxy) is 2. The van der Waals surface area contributed by atoms with Gasteiger partial charge in [-0.3, -0.25) is 14.5 Å². The fourth-order valence-corrected chi connectivity index (χ4v) is 3.64. The van der Waals surface area contributed by atoms with Crippen molar-refractivity contribution in [3.8, 4) is 0 Å². The lowest BCUT2D eigenvalue weighted by Crippen LogP contribution is -2.46. The van der Waals surface area contributed by atoms with Crippen LogP contribution in [-0.4, -0.2) is 53.8 Å². The van der Waals surface area contributed by atoms with Crippen LogP contribution in [0.15, 0.2) is 48.5 Å². The van der Waals surface area contributed by atoms with E-state index < -0.39 is 29.8 Å². The second-order valence-corrected chi connectivity index (χ2v) is 7.60. The Morgan fingerprint density at radius 1 is 1.00 bits per heavy atom. The molecule has 2 aromatic carbocycles. The predicted molar refractivity (Wildman–Crippen MR) is 111 cm³/mol. The molecule has 0 fully saturated rings. The van der Waals surface area contributed by atoms with E-state index in [9.17, 15) is 19.2 Å². The number of imide groups is 1. The molecule has 0 bridgehead atoms. The van der Waals surface area contributed by atoms with Crippen molar-refractivity contribution < 1.29 is 28.7 Å². The molecule has 1 heterocycles. The number of benzene rings is 2. The average molecular weight is 427 g/mol. The van der Waals surface area contributed by atoms with Gasteiger partial charge in [-0.2, -0.15) is 11.8 Å². The zero-order valence-corrected chi connectivity index (χ0v) is 17.4. The number of hydrogen-bond donors (Lipinski definition) is 0. The molecule has 156 valence electrons. The molecule has 0 N–H and O–H groups in total. The van der Waals surface area contributed by atoms with Crippen LogP contribution >= 0.6 is 11.8 Å². The first-order valence-corrected chi connectivity index (χ1v) is 10.7. The summed E-state index contributed by atoms with van der Waals surface area (Å²) >= 11 is 1.51. The maximum absolute atomic E-state index is 12.8. The summed E-state index contributed by atoms with van der Waals surface area (Å²) in [5, 5.41) is 0. The van der Waals surface area contributed by atoms with E-state index in [1.54, 1.807) is 48.5 Å². The Morgan fingerprint density at radius 2 is 1.60 bits per heavy atom. The molecule has 1 atom stereocenters. The topological polar surface area (TPSA) is 90.0 Å². The minimum Gasteiger partial charge on any atom is -0.465 e. The summed E-state index contributed by atoms with van der Waals surface area (Å²) in [7, 11) is 1.30. The Labute approximate surface area is 178 Å². The van der Waals surface area contributed by atoms with Crippen LogP contribution in [0.4, 0.5) is 0 Å². The summed E-state index contributed by atoms with van der Waals surface area (Å²) in [5.41, 5.74) is 1.64. The van der Waals surface area contributed by atoms with Crippen LogP contribution in [0.1, 0.15) is 43.1 Å². The molecule has 1 aliphatic rings. The second-order valence-electron chi connectivity index (χ2n) is 6.62. The summed E-state index contributed by atoms with van der Waals surface area (Å²) in [6.45, 7) is -0.0424. The van der Waals surface area contributed by atoms with Crippen molar-refractivity contribution in [1.29, 1.82) is 0 Å². The van der Waals surface area contributed by atoms with E-state index in [4.69, 9.17) is 4.74 Å². The van der Waals surface area contributed by atoms with Gasteiger partial charge in [0, 0.05) is 0 Å². The fourth-order valence-electron chi connectivity index (χ4n) is 3.18. The number of thioether (sulfide) groups is 1. The standard InChI is InChI=1S/C22H21NO6S/c1-28-21(26)15-9-7-14(8-10-15)13-29-22(27)18(11-12-30-2)23-19(24)16-5-3-4-6-17(16)20(23)25/h3-10,18H,11-13H2,1-2H3/t18-/m1/s1. The highest BCUT2D eigenvalue weighted by molar-refractivity contribution is 7.98. The Bertz CT molecular complexity index is 937. The Morgan fingerprint density at radius 3 is 2.13 bits per heavy atom.